The standard InChI is InChI=1S/C61H98O6/c1-4-7-10-13-16-19-22-25-27-29-30-32-33-36-39-42-45-48-51-54-60(63)66-57-58(56-65-59(62)53-50-47-44-41-38-35-24-21-18-15-12-9-6-3)67-61(64)55-52-49-46-43-40-37-34-31-28-26-23-20-17-14-11-8-5-2/h7-8,10-11,16-17,19-20,25-28,30,32,34-35,37-38,43,46,58H,4-6,9,12-15,18,21-24,29,31,33,36,39-42,44-45,47-57H2,1-3H3/b10-7-,11-8-,19-16-,20-17-,27-25-,28-26-,32-30-,37-34-,38-35-,46-43-. The molecule has 0 fully saturated rings. The summed E-state index contributed by atoms with van der Waals surface area (Å²) in [6.07, 6.45) is 74.7. The van der Waals surface area contributed by atoms with Gasteiger partial charge in [-0.15, -0.1) is 0 Å². The van der Waals surface area contributed by atoms with Crippen LogP contribution in [0.25, 0.3) is 0 Å². The Labute approximate surface area is 412 Å². The minimum absolute atomic E-state index is 0.116. The van der Waals surface area contributed by atoms with Crippen LogP contribution in [0, 0.1) is 0 Å². The number of hydrogen-bond acceptors (Lipinski definition) is 6. The molecule has 0 saturated carbocycles. The molecule has 0 aromatic heterocycles. The van der Waals surface area contributed by atoms with Crippen molar-refractivity contribution in [3.8, 4) is 0 Å². The van der Waals surface area contributed by atoms with E-state index in [1.165, 1.54) is 51.4 Å². The van der Waals surface area contributed by atoms with Crippen LogP contribution in [-0.2, 0) is 28.6 Å². The molecule has 1 unspecified atom stereocenters. The minimum atomic E-state index is -0.823. The topological polar surface area (TPSA) is 78.9 Å². The zero-order valence-electron chi connectivity index (χ0n) is 43.1. The lowest BCUT2D eigenvalue weighted by Gasteiger charge is -2.18. The molecule has 0 aromatic rings. The molecule has 6 heteroatoms. The summed E-state index contributed by atoms with van der Waals surface area (Å²) in [4.78, 5) is 38.0. The zero-order chi connectivity index (χ0) is 48.6. The number of hydrogen-bond donors (Lipinski definition) is 0. The Bertz CT molecular complexity index is 1440. The maximum Gasteiger partial charge on any atom is 0.306 e. The molecule has 0 aliphatic rings. The van der Waals surface area contributed by atoms with Crippen LogP contribution < -0.4 is 0 Å². The van der Waals surface area contributed by atoms with E-state index >= 15 is 0 Å². The van der Waals surface area contributed by atoms with Gasteiger partial charge in [-0.3, -0.25) is 14.4 Å². The van der Waals surface area contributed by atoms with Gasteiger partial charge in [0.1, 0.15) is 13.2 Å². The second-order valence-corrected chi connectivity index (χ2v) is 17.4. The van der Waals surface area contributed by atoms with Gasteiger partial charge in [-0.05, 0) is 122 Å². The molecular weight excluding hydrogens is 829 g/mol. The number of esters is 3. The van der Waals surface area contributed by atoms with Gasteiger partial charge in [0.05, 0.1) is 0 Å². The number of ether oxygens (including phenoxy) is 3. The molecule has 6 nitrogen and oxygen atoms in total. The lowest BCUT2D eigenvalue weighted by Crippen LogP contribution is -2.30. The number of carbonyl (C=O) groups excluding carboxylic acids is 3. The largest absolute Gasteiger partial charge is 0.462 e. The van der Waals surface area contributed by atoms with E-state index in [1.54, 1.807) is 0 Å². The Kier molecular flexibility index (Phi) is 51.0. The van der Waals surface area contributed by atoms with Crippen LogP contribution in [0.3, 0.4) is 0 Å². The summed E-state index contributed by atoms with van der Waals surface area (Å²) in [5.74, 6) is -1.01. The van der Waals surface area contributed by atoms with Gasteiger partial charge in [0.25, 0.3) is 0 Å². The van der Waals surface area contributed by atoms with Gasteiger partial charge in [0.2, 0.25) is 0 Å². The summed E-state index contributed by atoms with van der Waals surface area (Å²) < 4.78 is 16.7. The Morgan fingerprint density at radius 3 is 0.985 bits per heavy atom. The number of rotatable bonds is 47. The zero-order valence-corrected chi connectivity index (χ0v) is 43.1. The van der Waals surface area contributed by atoms with E-state index < -0.39 is 6.10 Å². The van der Waals surface area contributed by atoms with E-state index in [0.29, 0.717) is 19.3 Å². The maximum atomic E-state index is 12.8. The van der Waals surface area contributed by atoms with Gasteiger partial charge in [-0.25, -0.2) is 0 Å². The molecule has 67 heavy (non-hydrogen) atoms. The highest BCUT2D eigenvalue weighted by molar-refractivity contribution is 5.71. The molecule has 0 bridgehead atoms. The van der Waals surface area contributed by atoms with E-state index in [1.807, 2.05) is 0 Å². The Hall–Kier alpha value is -4.19. The van der Waals surface area contributed by atoms with Crippen molar-refractivity contribution in [3.05, 3.63) is 122 Å². The second-order valence-electron chi connectivity index (χ2n) is 17.4. The van der Waals surface area contributed by atoms with E-state index in [9.17, 15) is 14.4 Å². The first kappa shape index (κ1) is 62.8. The third-order valence-corrected chi connectivity index (χ3v) is 10.9. The van der Waals surface area contributed by atoms with Gasteiger partial charge in [-0.1, -0.05) is 206 Å². The van der Waals surface area contributed by atoms with Crippen LogP contribution in [0.5, 0.6) is 0 Å². The molecule has 0 spiro atoms. The average molecular weight is 927 g/mol. The molecule has 0 aliphatic carbocycles. The third kappa shape index (κ3) is 52.6. The Morgan fingerprint density at radius 2 is 0.597 bits per heavy atom. The van der Waals surface area contributed by atoms with Crippen molar-refractivity contribution in [2.24, 2.45) is 0 Å². The van der Waals surface area contributed by atoms with Crippen molar-refractivity contribution in [1.29, 1.82) is 0 Å². The van der Waals surface area contributed by atoms with Crippen LogP contribution >= 0.6 is 0 Å². The highest BCUT2D eigenvalue weighted by atomic mass is 16.6. The molecule has 0 heterocycles. The van der Waals surface area contributed by atoms with E-state index in [0.717, 1.165) is 128 Å². The molecular formula is C61H98O6. The van der Waals surface area contributed by atoms with Crippen molar-refractivity contribution in [1.82, 2.24) is 0 Å². The van der Waals surface area contributed by atoms with Crippen molar-refractivity contribution >= 4 is 17.9 Å². The van der Waals surface area contributed by atoms with Gasteiger partial charge in [0.15, 0.2) is 6.10 Å². The average Bonchev–Trinajstić information content (AvgIpc) is 3.33. The van der Waals surface area contributed by atoms with Crippen LogP contribution in [0.4, 0.5) is 0 Å². The molecule has 0 N–H and O–H groups in total. The first-order valence-electron chi connectivity index (χ1n) is 27.0. The van der Waals surface area contributed by atoms with Gasteiger partial charge >= 0.3 is 17.9 Å². The molecule has 1 atom stereocenters. The number of carbonyl (C=O) groups is 3. The highest BCUT2D eigenvalue weighted by Gasteiger charge is 2.19. The fourth-order valence-electron chi connectivity index (χ4n) is 6.93. The molecule has 0 aliphatic heterocycles. The second kappa shape index (κ2) is 54.4. The molecule has 0 radical (unpaired) electrons. The van der Waals surface area contributed by atoms with Crippen molar-refractivity contribution in [2.75, 3.05) is 13.2 Å². The summed E-state index contributed by atoms with van der Waals surface area (Å²) >= 11 is 0. The van der Waals surface area contributed by atoms with Gasteiger partial charge < -0.3 is 14.2 Å². The number of allylic oxidation sites excluding steroid dienone is 20. The lowest BCUT2D eigenvalue weighted by molar-refractivity contribution is -0.167. The molecule has 0 aromatic carbocycles. The summed E-state index contributed by atoms with van der Waals surface area (Å²) in [6, 6.07) is 0. The van der Waals surface area contributed by atoms with Crippen LogP contribution in [0.2, 0.25) is 0 Å². The highest BCUT2D eigenvalue weighted by Crippen LogP contribution is 2.13. The third-order valence-electron chi connectivity index (χ3n) is 10.9. The number of unbranched alkanes of at least 4 members (excludes halogenated alkanes) is 16. The van der Waals surface area contributed by atoms with Crippen molar-refractivity contribution in [2.45, 2.75) is 232 Å². The predicted molar refractivity (Wildman–Crippen MR) is 288 cm³/mol. The van der Waals surface area contributed by atoms with Gasteiger partial charge in [-0.2, -0.15) is 0 Å². The Morgan fingerprint density at radius 1 is 0.313 bits per heavy atom. The predicted octanol–water partition coefficient (Wildman–Crippen LogP) is 18.1. The first-order chi connectivity index (χ1) is 33.0. The smallest absolute Gasteiger partial charge is 0.306 e. The summed E-state index contributed by atoms with van der Waals surface area (Å²) in [5, 5.41) is 0. The summed E-state index contributed by atoms with van der Waals surface area (Å²) in [7, 11) is 0. The van der Waals surface area contributed by atoms with Crippen molar-refractivity contribution in [3.63, 3.8) is 0 Å². The first-order valence-corrected chi connectivity index (χ1v) is 27.0. The lowest BCUT2D eigenvalue weighted by atomic mass is 10.1. The van der Waals surface area contributed by atoms with E-state index in [2.05, 4.69) is 142 Å². The van der Waals surface area contributed by atoms with E-state index in [4.69, 9.17) is 14.2 Å². The van der Waals surface area contributed by atoms with Crippen LogP contribution in [0.1, 0.15) is 226 Å². The fourth-order valence-corrected chi connectivity index (χ4v) is 6.93. The molecule has 0 saturated heterocycles. The van der Waals surface area contributed by atoms with Gasteiger partial charge in [0, 0.05) is 19.3 Å². The maximum absolute atomic E-state index is 12.8. The molecule has 0 amide bonds. The summed E-state index contributed by atoms with van der Waals surface area (Å²) in [5.41, 5.74) is 0. The fraction of sp³-hybridized carbons (Fsp3) is 0.623. The normalized spacial score (nSPS) is 13.1. The molecule has 378 valence electrons. The van der Waals surface area contributed by atoms with E-state index in [-0.39, 0.29) is 37.5 Å². The minimum Gasteiger partial charge on any atom is -0.462 e. The Balaban J connectivity index is 4.53. The van der Waals surface area contributed by atoms with Crippen LogP contribution in [-0.4, -0.2) is 37.2 Å². The monoisotopic (exact) mass is 927 g/mol. The van der Waals surface area contributed by atoms with Crippen LogP contribution in [0.15, 0.2) is 122 Å². The summed E-state index contributed by atoms with van der Waals surface area (Å²) in [6.45, 7) is 6.32. The molecule has 0 rings (SSSR count). The quantitative estimate of drug-likeness (QED) is 0.0262. The van der Waals surface area contributed by atoms with Crippen molar-refractivity contribution < 1.29 is 28.6 Å². The SMILES string of the molecule is CC/C=C\C/C=C\C/C=C\C/C=C\C/C=C\CCCC(=O)OC(COC(=O)CCCCC/C=C\CCCCCCCC)COC(=O)CCCCCCCC/C=C\C/C=C\C/C=C\C/C=C\CC.